The van der Waals surface area contributed by atoms with Gasteiger partial charge in [-0.1, -0.05) is 28.1 Å². The highest BCUT2D eigenvalue weighted by atomic mass is 79.9. The zero-order valence-corrected chi connectivity index (χ0v) is 13.0. The van der Waals surface area contributed by atoms with E-state index in [4.69, 9.17) is 16.3 Å². The second kappa shape index (κ2) is 6.55. The van der Waals surface area contributed by atoms with Gasteiger partial charge in [-0.3, -0.25) is 0 Å². The first-order chi connectivity index (χ1) is 9.54. The quantitative estimate of drug-likeness (QED) is 0.658. The molecule has 5 heteroatoms. The van der Waals surface area contributed by atoms with Crippen molar-refractivity contribution in [1.29, 1.82) is 0 Å². The summed E-state index contributed by atoms with van der Waals surface area (Å²) in [5.41, 5.74) is 0.429. The highest BCUT2D eigenvalue weighted by Crippen LogP contribution is 2.37. The largest absolute Gasteiger partial charge is 0.494 e. The molecule has 1 nitrogen and oxygen atoms in total. The maximum Gasteiger partial charge on any atom is 0.131 e. The topological polar surface area (TPSA) is 9.23 Å². The fourth-order valence-electron chi connectivity index (χ4n) is 1.88. The maximum atomic E-state index is 13.8. The Hall–Kier alpha value is -1.13. The van der Waals surface area contributed by atoms with Crippen molar-refractivity contribution in [2.24, 2.45) is 0 Å². The Morgan fingerprint density at radius 1 is 1.20 bits per heavy atom. The van der Waals surface area contributed by atoms with Crippen molar-refractivity contribution in [3.05, 3.63) is 63.6 Å². The number of ether oxygens (including phenoxy) is 1. The molecule has 0 fully saturated rings. The number of rotatable bonds is 4. The van der Waals surface area contributed by atoms with E-state index >= 15 is 0 Å². The average Bonchev–Trinajstić information content (AvgIpc) is 2.38. The van der Waals surface area contributed by atoms with Gasteiger partial charge in [-0.15, -0.1) is 11.6 Å². The molecule has 0 aliphatic rings. The third-order valence-electron chi connectivity index (χ3n) is 2.81. The van der Waals surface area contributed by atoms with Crippen LogP contribution in [0.2, 0.25) is 0 Å². The van der Waals surface area contributed by atoms with Crippen molar-refractivity contribution in [1.82, 2.24) is 0 Å². The molecule has 0 radical (unpaired) electrons. The molecule has 0 aromatic heterocycles. The number of halogens is 4. The molecule has 0 amide bonds. The van der Waals surface area contributed by atoms with Crippen molar-refractivity contribution in [2.75, 3.05) is 6.61 Å². The molecule has 2 aromatic rings. The third-order valence-corrected chi connectivity index (χ3v) is 3.95. The maximum absolute atomic E-state index is 13.8. The Bertz CT molecular complexity index is 599. The van der Waals surface area contributed by atoms with Crippen LogP contribution in [0.5, 0.6) is 5.75 Å². The van der Waals surface area contributed by atoms with Crippen LogP contribution in [0.3, 0.4) is 0 Å². The normalized spacial score (nSPS) is 12.2. The molecule has 106 valence electrons. The van der Waals surface area contributed by atoms with Crippen LogP contribution in [0.25, 0.3) is 0 Å². The summed E-state index contributed by atoms with van der Waals surface area (Å²) >= 11 is 9.58. The fraction of sp³-hybridized carbons (Fsp3) is 0.200. The van der Waals surface area contributed by atoms with Gasteiger partial charge < -0.3 is 4.74 Å². The lowest BCUT2D eigenvalue weighted by atomic mass is 10.0. The van der Waals surface area contributed by atoms with Crippen LogP contribution >= 0.6 is 27.5 Å². The van der Waals surface area contributed by atoms with Gasteiger partial charge in [0.1, 0.15) is 17.4 Å². The smallest absolute Gasteiger partial charge is 0.131 e. The van der Waals surface area contributed by atoms with Gasteiger partial charge in [0.15, 0.2) is 0 Å². The average molecular weight is 362 g/mol. The first-order valence-corrected chi connectivity index (χ1v) is 7.27. The van der Waals surface area contributed by atoms with Crippen molar-refractivity contribution in [3.8, 4) is 5.75 Å². The minimum atomic E-state index is -0.916. The molecule has 1 atom stereocenters. The SMILES string of the molecule is CCOc1ccc(C(Cl)c2c(F)cccc2F)c(Br)c1. The summed E-state index contributed by atoms with van der Waals surface area (Å²) in [5, 5.41) is -0.916. The van der Waals surface area contributed by atoms with E-state index in [9.17, 15) is 8.78 Å². The van der Waals surface area contributed by atoms with Crippen molar-refractivity contribution in [3.63, 3.8) is 0 Å². The van der Waals surface area contributed by atoms with Gasteiger partial charge in [0.05, 0.1) is 12.0 Å². The lowest BCUT2D eigenvalue weighted by Gasteiger charge is -2.15. The molecule has 20 heavy (non-hydrogen) atoms. The highest BCUT2D eigenvalue weighted by molar-refractivity contribution is 9.10. The van der Waals surface area contributed by atoms with E-state index in [0.29, 0.717) is 22.4 Å². The summed E-state index contributed by atoms with van der Waals surface area (Å²) in [5.74, 6) is -0.655. The molecular formula is C15H12BrClF2O. The van der Waals surface area contributed by atoms with Crippen molar-refractivity contribution in [2.45, 2.75) is 12.3 Å². The predicted molar refractivity (Wildman–Crippen MR) is 79.4 cm³/mol. The van der Waals surface area contributed by atoms with Gasteiger partial charge in [0.25, 0.3) is 0 Å². The molecule has 0 bridgehead atoms. The van der Waals surface area contributed by atoms with Crippen LogP contribution < -0.4 is 4.74 Å². The zero-order chi connectivity index (χ0) is 14.7. The Kier molecular flexibility index (Phi) is 5.00. The second-order valence-electron chi connectivity index (χ2n) is 4.11. The first-order valence-electron chi connectivity index (χ1n) is 6.04. The van der Waals surface area contributed by atoms with Crippen LogP contribution in [0, 0.1) is 11.6 Å². The van der Waals surface area contributed by atoms with Gasteiger partial charge in [-0.05, 0) is 36.8 Å². The minimum absolute atomic E-state index is 0.154. The van der Waals surface area contributed by atoms with E-state index in [1.54, 1.807) is 18.2 Å². The number of hydrogen-bond donors (Lipinski definition) is 0. The molecule has 2 aromatic carbocycles. The Balaban J connectivity index is 2.41. The summed E-state index contributed by atoms with van der Waals surface area (Å²) in [4.78, 5) is 0. The molecule has 0 aliphatic heterocycles. The minimum Gasteiger partial charge on any atom is -0.494 e. The molecular weight excluding hydrogens is 350 g/mol. The fourth-order valence-corrected chi connectivity index (χ4v) is 3.00. The third kappa shape index (κ3) is 3.13. The lowest BCUT2D eigenvalue weighted by molar-refractivity contribution is 0.340. The monoisotopic (exact) mass is 360 g/mol. The van der Waals surface area contributed by atoms with Gasteiger partial charge in [-0.25, -0.2) is 8.78 Å². The van der Waals surface area contributed by atoms with Crippen molar-refractivity contribution >= 4 is 27.5 Å². The van der Waals surface area contributed by atoms with Gasteiger partial charge in [-0.2, -0.15) is 0 Å². The van der Waals surface area contributed by atoms with Gasteiger partial charge in [0, 0.05) is 10.0 Å². The summed E-state index contributed by atoms with van der Waals surface area (Å²) < 4.78 is 33.5. The number of benzene rings is 2. The standard InChI is InChI=1S/C15H12BrClF2O/c1-2-20-9-6-7-10(11(16)8-9)15(17)14-12(18)4-3-5-13(14)19/h3-8,15H,2H2,1H3. The lowest BCUT2D eigenvalue weighted by Crippen LogP contribution is -2.02. The molecule has 0 spiro atoms. The van der Waals surface area contributed by atoms with Crippen LogP contribution in [0.1, 0.15) is 23.4 Å². The van der Waals surface area contributed by atoms with E-state index in [2.05, 4.69) is 15.9 Å². The molecule has 2 rings (SSSR count). The van der Waals surface area contributed by atoms with E-state index < -0.39 is 17.0 Å². The molecule has 1 unspecified atom stereocenters. The van der Waals surface area contributed by atoms with Crippen molar-refractivity contribution < 1.29 is 13.5 Å². The Labute approximate surface area is 129 Å². The van der Waals surface area contributed by atoms with E-state index in [0.717, 1.165) is 0 Å². The van der Waals surface area contributed by atoms with Crippen LogP contribution in [0.15, 0.2) is 40.9 Å². The van der Waals surface area contributed by atoms with E-state index in [-0.39, 0.29) is 5.56 Å². The van der Waals surface area contributed by atoms with Crippen LogP contribution in [-0.2, 0) is 0 Å². The predicted octanol–water partition coefficient (Wildman–Crippen LogP) is 5.45. The molecule has 0 aliphatic carbocycles. The summed E-state index contributed by atoms with van der Waals surface area (Å²) in [6.45, 7) is 2.42. The van der Waals surface area contributed by atoms with E-state index in [1.807, 2.05) is 6.92 Å². The van der Waals surface area contributed by atoms with Crippen LogP contribution in [-0.4, -0.2) is 6.61 Å². The van der Waals surface area contributed by atoms with Gasteiger partial charge >= 0.3 is 0 Å². The highest BCUT2D eigenvalue weighted by Gasteiger charge is 2.21. The van der Waals surface area contributed by atoms with E-state index in [1.165, 1.54) is 18.2 Å². The number of alkyl halides is 1. The molecule has 0 heterocycles. The van der Waals surface area contributed by atoms with Crippen LogP contribution in [0.4, 0.5) is 8.78 Å². The Morgan fingerprint density at radius 3 is 2.40 bits per heavy atom. The summed E-state index contributed by atoms with van der Waals surface area (Å²) in [6, 6.07) is 8.83. The molecule has 0 saturated carbocycles. The first kappa shape index (κ1) is 15.3. The van der Waals surface area contributed by atoms with Gasteiger partial charge in [0.2, 0.25) is 0 Å². The molecule has 0 saturated heterocycles. The second-order valence-corrected chi connectivity index (χ2v) is 5.40. The molecule has 0 N–H and O–H groups in total. The Morgan fingerprint density at radius 2 is 1.85 bits per heavy atom. The summed E-state index contributed by atoms with van der Waals surface area (Å²) in [6.07, 6.45) is 0. The summed E-state index contributed by atoms with van der Waals surface area (Å²) in [7, 11) is 0. The number of hydrogen-bond acceptors (Lipinski definition) is 1. The zero-order valence-electron chi connectivity index (χ0n) is 10.7.